The van der Waals surface area contributed by atoms with Gasteiger partial charge in [-0.05, 0) is 12.8 Å². The summed E-state index contributed by atoms with van der Waals surface area (Å²) in [6.45, 7) is 6.34. The molecule has 3 rings (SSSR count). The average molecular weight is 272 g/mol. The summed E-state index contributed by atoms with van der Waals surface area (Å²) in [6.07, 6.45) is 4.19. The predicted molar refractivity (Wildman–Crippen MR) is 77.7 cm³/mol. The lowest BCUT2D eigenvalue weighted by Crippen LogP contribution is -2.16. The zero-order chi connectivity index (χ0) is 14.5. The second-order valence-corrected chi connectivity index (χ2v) is 6.61. The van der Waals surface area contributed by atoms with Gasteiger partial charge in [0.05, 0.1) is 17.0 Å². The highest BCUT2D eigenvalue weighted by molar-refractivity contribution is 5.59. The molecule has 0 spiro atoms. The minimum Gasteiger partial charge on any atom is -0.306 e. The van der Waals surface area contributed by atoms with Crippen LogP contribution in [0.2, 0.25) is 0 Å². The van der Waals surface area contributed by atoms with E-state index in [0.29, 0.717) is 11.7 Å². The van der Waals surface area contributed by atoms with E-state index in [1.54, 1.807) is 10.7 Å². The summed E-state index contributed by atoms with van der Waals surface area (Å²) in [5.41, 5.74) is 2.61. The summed E-state index contributed by atoms with van der Waals surface area (Å²) in [7, 11) is 1.89. The maximum atomic E-state index is 11.9. The van der Waals surface area contributed by atoms with Crippen LogP contribution in [-0.4, -0.2) is 19.7 Å². The van der Waals surface area contributed by atoms with Crippen molar-refractivity contribution in [3.63, 3.8) is 0 Å². The van der Waals surface area contributed by atoms with Crippen molar-refractivity contribution in [2.45, 2.75) is 44.9 Å². The normalized spacial score (nSPS) is 15.6. The van der Waals surface area contributed by atoms with Gasteiger partial charge in [-0.25, -0.2) is 4.98 Å². The molecule has 2 aromatic heterocycles. The Labute approximate surface area is 118 Å². The highest BCUT2D eigenvalue weighted by atomic mass is 16.1. The predicted octanol–water partition coefficient (Wildman–Crippen LogP) is 2.35. The maximum absolute atomic E-state index is 11.9. The number of aryl methyl sites for hydroxylation is 1. The molecule has 1 aliphatic rings. The SMILES string of the molecule is Cn1cc(-c2nc(C3CC3)cc(=O)[nH]2)c(C(C)(C)C)n1. The van der Waals surface area contributed by atoms with Gasteiger partial charge < -0.3 is 4.98 Å². The Morgan fingerprint density at radius 2 is 2.05 bits per heavy atom. The fraction of sp³-hybridized carbons (Fsp3) is 0.533. The summed E-state index contributed by atoms with van der Waals surface area (Å²) in [4.78, 5) is 19.4. The molecule has 2 heterocycles. The summed E-state index contributed by atoms with van der Waals surface area (Å²) in [5.74, 6) is 1.10. The number of hydrogen-bond donors (Lipinski definition) is 1. The molecule has 0 aliphatic heterocycles. The molecule has 0 bridgehead atoms. The van der Waals surface area contributed by atoms with Crippen molar-refractivity contribution in [1.29, 1.82) is 0 Å². The molecule has 0 aromatic carbocycles. The van der Waals surface area contributed by atoms with Gasteiger partial charge in [-0.2, -0.15) is 5.10 Å². The molecule has 1 fully saturated rings. The third kappa shape index (κ3) is 2.40. The monoisotopic (exact) mass is 272 g/mol. The topological polar surface area (TPSA) is 63.6 Å². The van der Waals surface area contributed by atoms with Crippen LogP contribution in [-0.2, 0) is 12.5 Å². The minimum absolute atomic E-state index is 0.0828. The molecular formula is C15H20N4O. The molecule has 1 N–H and O–H groups in total. The number of hydrogen-bond acceptors (Lipinski definition) is 3. The lowest BCUT2D eigenvalue weighted by atomic mass is 9.89. The van der Waals surface area contributed by atoms with Crippen LogP contribution in [0.4, 0.5) is 0 Å². The van der Waals surface area contributed by atoms with Crippen LogP contribution < -0.4 is 5.56 Å². The van der Waals surface area contributed by atoms with Crippen molar-refractivity contribution in [1.82, 2.24) is 19.7 Å². The van der Waals surface area contributed by atoms with Crippen LogP contribution in [0, 0.1) is 0 Å². The molecule has 5 heteroatoms. The molecule has 106 valence electrons. The Bertz CT molecular complexity index is 701. The molecule has 0 unspecified atom stereocenters. The standard InChI is InChI=1S/C15H20N4O/c1-15(2,3)13-10(8-19(4)18-13)14-16-11(9-5-6-9)7-12(20)17-14/h7-9H,5-6H2,1-4H3,(H,16,17,20). The van der Waals surface area contributed by atoms with Crippen LogP contribution >= 0.6 is 0 Å². The molecular weight excluding hydrogens is 252 g/mol. The van der Waals surface area contributed by atoms with Crippen LogP contribution in [0.3, 0.4) is 0 Å². The van der Waals surface area contributed by atoms with Gasteiger partial charge in [-0.15, -0.1) is 0 Å². The molecule has 20 heavy (non-hydrogen) atoms. The van der Waals surface area contributed by atoms with Crippen molar-refractivity contribution >= 4 is 0 Å². The zero-order valence-electron chi connectivity index (χ0n) is 12.4. The zero-order valence-corrected chi connectivity index (χ0v) is 12.4. The number of rotatable bonds is 2. The fourth-order valence-corrected chi connectivity index (χ4v) is 2.41. The minimum atomic E-state index is -0.0925. The Balaban J connectivity index is 2.16. The van der Waals surface area contributed by atoms with E-state index in [-0.39, 0.29) is 11.0 Å². The van der Waals surface area contributed by atoms with E-state index in [9.17, 15) is 4.79 Å². The summed E-state index contributed by atoms with van der Waals surface area (Å²) >= 11 is 0. The van der Waals surface area contributed by atoms with E-state index < -0.39 is 0 Å². The number of nitrogens with one attached hydrogen (secondary N) is 1. The van der Waals surface area contributed by atoms with Gasteiger partial charge in [-0.1, -0.05) is 20.8 Å². The lowest BCUT2D eigenvalue weighted by Gasteiger charge is -2.17. The van der Waals surface area contributed by atoms with Gasteiger partial charge in [-0.3, -0.25) is 9.48 Å². The Morgan fingerprint density at radius 3 is 2.65 bits per heavy atom. The number of H-pyrrole nitrogens is 1. The van der Waals surface area contributed by atoms with E-state index in [2.05, 4.69) is 35.8 Å². The van der Waals surface area contributed by atoms with E-state index in [4.69, 9.17) is 0 Å². The third-order valence-corrected chi connectivity index (χ3v) is 3.55. The van der Waals surface area contributed by atoms with E-state index in [1.807, 2.05) is 13.2 Å². The Morgan fingerprint density at radius 1 is 1.35 bits per heavy atom. The van der Waals surface area contributed by atoms with Gasteiger partial charge in [0, 0.05) is 30.6 Å². The maximum Gasteiger partial charge on any atom is 0.251 e. The van der Waals surface area contributed by atoms with Crippen molar-refractivity contribution in [2.75, 3.05) is 0 Å². The van der Waals surface area contributed by atoms with E-state index >= 15 is 0 Å². The Hall–Kier alpha value is -1.91. The van der Waals surface area contributed by atoms with Crippen molar-refractivity contribution in [3.8, 4) is 11.4 Å². The van der Waals surface area contributed by atoms with Crippen LogP contribution in [0.25, 0.3) is 11.4 Å². The van der Waals surface area contributed by atoms with E-state index in [0.717, 1.165) is 29.8 Å². The molecule has 0 amide bonds. The first-order valence-electron chi connectivity index (χ1n) is 7.00. The van der Waals surface area contributed by atoms with Gasteiger partial charge in [0.25, 0.3) is 5.56 Å². The van der Waals surface area contributed by atoms with Gasteiger partial charge in [0.2, 0.25) is 0 Å². The first-order chi connectivity index (χ1) is 9.34. The second-order valence-electron chi connectivity index (χ2n) is 6.61. The van der Waals surface area contributed by atoms with Crippen molar-refractivity contribution < 1.29 is 0 Å². The molecule has 0 atom stereocenters. The van der Waals surface area contributed by atoms with Crippen molar-refractivity contribution in [3.05, 3.63) is 34.0 Å². The number of nitrogens with zero attached hydrogens (tertiary/aromatic N) is 3. The van der Waals surface area contributed by atoms with Gasteiger partial charge in [0.1, 0.15) is 5.82 Å². The van der Waals surface area contributed by atoms with Crippen LogP contribution in [0.5, 0.6) is 0 Å². The molecule has 0 radical (unpaired) electrons. The number of aromatic amines is 1. The summed E-state index contributed by atoms with van der Waals surface area (Å²) in [5, 5.41) is 4.53. The molecule has 5 nitrogen and oxygen atoms in total. The average Bonchev–Trinajstić information content (AvgIpc) is 3.10. The smallest absolute Gasteiger partial charge is 0.251 e. The Kier molecular flexibility index (Phi) is 2.81. The van der Waals surface area contributed by atoms with Gasteiger partial charge in [0.15, 0.2) is 0 Å². The second kappa shape index (κ2) is 4.30. The third-order valence-electron chi connectivity index (χ3n) is 3.55. The molecule has 1 saturated carbocycles. The highest BCUT2D eigenvalue weighted by Crippen LogP contribution is 2.39. The highest BCUT2D eigenvalue weighted by Gasteiger charge is 2.28. The molecule has 1 aliphatic carbocycles. The quantitative estimate of drug-likeness (QED) is 0.912. The summed E-state index contributed by atoms with van der Waals surface area (Å²) in [6, 6.07) is 1.62. The lowest BCUT2D eigenvalue weighted by molar-refractivity contribution is 0.554. The fourth-order valence-electron chi connectivity index (χ4n) is 2.41. The molecule has 0 saturated heterocycles. The largest absolute Gasteiger partial charge is 0.306 e. The first-order valence-corrected chi connectivity index (χ1v) is 7.00. The van der Waals surface area contributed by atoms with Crippen LogP contribution in [0.1, 0.15) is 50.9 Å². The van der Waals surface area contributed by atoms with Crippen molar-refractivity contribution in [2.24, 2.45) is 7.05 Å². The van der Waals surface area contributed by atoms with E-state index in [1.165, 1.54) is 0 Å². The molecule has 2 aromatic rings. The summed E-state index contributed by atoms with van der Waals surface area (Å²) < 4.78 is 1.78. The number of aromatic nitrogens is 4. The first kappa shape index (κ1) is 13.1. The van der Waals surface area contributed by atoms with Crippen LogP contribution in [0.15, 0.2) is 17.1 Å². The van der Waals surface area contributed by atoms with Gasteiger partial charge >= 0.3 is 0 Å².